The Morgan fingerprint density at radius 3 is 2.59 bits per heavy atom. The molecule has 0 bridgehead atoms. The van der Waals surface area contributed by atoms with E-state index in [1.54, 1.807) is 6.07 Å². The summed E-state index contributed by atoms with van der Waals surface area (Å²) in [4.78, 5) is 25.5. The molecule has 32 heavy (non-hydrogen) atoms. The summed E-state index contributed by atoms with van der Waals surface area (Å²) in [5.41, 5.74) is 2.70. The predicted molar refractivity (Wildman–Crippen MR) is 125 cm³/mol. The summed E-state index contributed by atoms with van der Waals surface area (Å²) >= 11 is 6.48. The number of carbonyl (C=O) groups is 2. The zero-order valence-corrected chi connectivity index (χ0v) is 18.8. The molecule has 2 aromatic carbocycles. The molecule has 2 saturated heterocycles. The molecule has 6 nitrogen and oxygen atoms in total. The number of hydrogen-bond acceptors (Lipinski definition) is 4. The third-order valence-electron chi connectivity index (χ3n) is 6.21. The first-order valence-electron chi connectivity index (χ1n) is 11.0. The van der Waals surface area contributed by atoms with E-state index in [1.165, 1.54) is 6.07 Å². The van der Waals surface area contributed by atoms with Crippen molar-refractivity contribution in [1.82, 2.24) is 10.6 Å². The topological polar surface area (TPSA) is 73.5 Å². The van der Waals surface area contributed by atoms with Crippen LogP contribution in [-0.4, -0.2) is 31.4 Å². The molecule has 0 radical (unpaired) electrons. The minimum Gasteiger partial charge on any atom is -0.370 e. The fourth-order valence-corrected chi connectivity index (χ4v) is 4.39. The number of piperidine rings is 1. The van der Waals surface area contributed by atoms with Gasteiger partial charge in [-0.05, 0) is 42.5 Å². The maximum atomic E-state index is 14.8. The van der Waals surface area contributed by atoms with Crippen LogP contribution in [0.15, 0.2) is 36.4 Å². The number of nitrogens with zero attached hydrogens (tertiary/aromatic N) is 1. The van der Waals surface area contributed by atoms with Crippen LogP contribution in [0.3, 0.4) is 0 Å². The van der Waals surface area contributed by atoms with E-state index in [0.29, 0.717) is 29.7 Å². The number of halogens is 2. The predicted octanol–water partition coefficient (Wildman–Crippen LogP) is 4.21. The Morgan fingerprint density at radius 2 is 1.94 bits per heavy atom. The minimum atomic E-state index is -0.348. The normalized spacial score (nSPS) is 19.0. The highest BCUT2D eigenvalue weighted by molar-refractivity contribution is 6.33. The van der Waals surface area contributed by atoms with Crippen LogP contribution >= 0.6 is 11.6 Å². The second-order valence-corrected chi connectivity index (χ2v) is 9.11. The Balaban J connectivity index is 1.35. The monoisotopic (exact) mass is 458 g/mol. The SMILES string of the molecule is CC1CCN(c2cc(F)c(Nc3ccc(CNC(=O)C4CNC(=O)C4)cc3)cc2Cl)CC1. The molecular weight excluding hydrogens is 431 g/mol. The zero-order valence-electron chi connectivity index (χ0n) is 18.1. The molecule has 1 atom stereocenters. The second kappa shape index (κ2) is 9.77. The van der Waals surface area contributed by atoms with Crippen molar-refractivity contribution in [1.29, 1.82) is 0 Å². The van der Waals surface area contributed by atoms with Gasteiger partial charge in [-0.25, -0.2) is 4.39 Å². The van der Waals surface area contributed by atoms with Crippen LogP contribution in [0.25, 0.3) is 0 Å². The van der Waals surface area contributed by atoms with Gasteiger partial charge in [0, 0.05) is 44.4 Å². The summed E-state index contributed by atoms with van der Waals surface area (Å²) in [7, 11) is 0. The van der Waals surface area contributed by atoms with E-state index in [4.69, 9.17) is 11.6 Å². The lowest BCUT2D eigenvalue weighted by molar-refractivity contribution is -0.126. The first-order valence-corrected chi connectivity index (χ1v) is 11.4. The molecule has 2 aliphatic heterocycles. The van der Waals surface area contributed by atoms with E-state index in [2.05, 4.69) is 27.8 Å². The summed E-state index contributed by atoms with van der Waals surface area (Å²) in [5.74, 6) is -0.195. The maximum Gasteiger partial charge on any atom is 0.225 e. The van der Waals surface area contributed by atoms with E-state index in [0.717, 1.165) is 42.9 Å². The van der Waals surface area contributed by atoms with E-state index < -0.39 is 0 Å². The number of hydrogen-bond donors (Lipinski definition) is 3. The van der Waals surface area contributed by atoms with Crippen LogP contribution in [0.4, 0.5) is 21.5 Å². The molecule has 3 N–H and O–H groups in total. The van der Waals surface area contributed by atoms with Crippen LogP contribution in [-0.2, 0) is 16.1 Å². The van der Waals surface area contributed by atoms with Gasteiger partial charge in [-0.1, -0.05) is 30.7 Å². The Labute approximate surface area is 192 Å². The first-order chi connectivity index (χ1) is 15.4. The standard InChI is InChI=1S/C24H28ClFN4O2/c1-15-6-8-30(9-7-15)22-12-20(26)21(11-19(22)25)29-18-4-2-16(3-5-18)13-28-24(32)17-10-23(31)27-14-17/h2-5,11-12,15,17,29H,6-10,13-14H2,1H3,(H,27,31)(H,28,32). The lowest BCUT2D eigenvalue weighted by Gasteiger charge is -2.33. The summed E-state index contributed by atoms with van der Waals surface area (Å²) in [6.07, 6.45) is 2.40. The molecule has 8 heteroatoms. The summed E-state index contributed by atoms with van der Waals surface area (Å²) in [6, 6.07) is 10.5. The van der Waals surface area contributed by atoms with E-state index in [-0.39, 0.29) is 30.0 Å². The summed E-state index contributed by atoms with van der Waals surface area (Å²) in [6.45, 7) is 4.77. The van der Waals surface area contributed by atoms with Crippen molar-refractivity contribution in [3.05, 3.63) is 52.8 Å². The fourth-order valence-electron chi connectivity index (χ4n) is 4.11. The van der Waals surface area contributed by atoms with Crippen LogP contribution in [0.2, 0.25) is 5.02 Å². The largest absolute Gasteiger partial charge is 0.370 e. The first kappa shape index (κ1) is 22.4. The molecular formula is C24H28ClFN4O2. The van der Waals surface area contributed by atoms with Gasteiger partial charge in [0.1, 0.15) is 5.82 Å². The number of benzene rings is 2. The molecule has 170 valence electrons. The number of amides is 2. The van der Waals surface area contributed by atoms with Gasteiger partial charge < -0.3 is 20.9 Å². The Kier molecular flexibility index (Phi) is 6.84. The van der Waals surface area contributed by atoms with Gasteiger partial charge in [-0.2, -0.15) is 0 Å². The third-order valence-corrected chi connectivity index (χ3v) is 6.51. The average Bonchev–Trinajstić information content (AvgIpc) is 3.22. The van der Waals surface area contributed by atoms with Crippen molar-refractivity contribution in [2.45, 2.75) is 32.7 Å². The van der Waals surface area contributed by atoms with Crippen molar-refractivity contribution >= 4 is 40.5 Å². The smallest absolute Gasteiger partial charge is 0.225 e. The average molecular weight is 459 g/mol. The van der Waals surface area contributed by atoms with Gasteiger partial charge in [0.25, 0.3) is 0 Å². The lowest BCUT2D eigenvalue weighted by atomic mass is 9.99. The van der Waals surface area contributed by atoms with Gasteiger partial charge in [0.15, 0.2) is 0 Å². The third kappa shape index (κ3) is 5.33. The van der Waals surface area contributed by atoms with Crippen LogP contribution in [0.1, 0.15) is 31.7 Å². The van der Waals surface area contributed by atoms with Crippen LogP contribution in [0, 0.1) is 17.7 Å². The van der Waals surface area contributed by atoms with Gasteiger partial charge in [-0.15, -0.1) is 0 Å². The van der Waals surface area contributed by atoms with Crippen LogP contribution in [0.5, 0.6) is 0 Å². The molecule has 2 fully saturated rings. The lowest BCUT2D eigenvalue weighted by Crippen LogP contribution is -2.33. The Hall–Kier alpha value is -2.80. The number of nitrogens with one attached hydrogen (secondary N) is 3. The molecule has 2 aliphatic rings. The van der Waals surface area contributed by atoms with E-state index in [1.807, 2.05) is 24.3 Å². The zero-order chi connectivity index (χ0) is 22.7. The van der Waals surface area contributed by atoms with Crippen molar-refractivity contribution in [2.24, 2.45) is 11.8 Å². The highest BCUT2D eigenvalue weighted by Crippen LogP contribution is 2.34. The Bertz CT molecular complexity index is 990. The highest BCUT2D eigenvalue weighted by atomic mass is 35.5. The Morgan fingerprint density at radius 1 is 1.22 bits per heavy atom. The van der Waals surface area contributed by atoms with E-state index in [9.17, 15) is 14.0 Å². The maximum absolute atomic E-state index is 14.8. The van der Waals surface area contributed by atoms with Gasteiger partial charge >= 0.3 is 0 Å². The molecule has 2 amide bonds. The molecule has 1 unspecified atom stereocenters. The van der Waals surface area contributed by atoms with E-state index >= 15 is 0 Å². The molecule has 0 saturated carbocycles. The van der Waals surface area contributed by atoms with Crippen LogP contribution < -0.4 is 20.9 Å². The fraction of sp³-hybridized carbons (Fsp3) is 0.417. The molecule has 2 heterocycles. The second-order valence-electron chi connectivity index (χ2n) is 8.70. The molecule has 0 aromatic heterocycles. The summed E-state index contributed by atoms with van der Waals surface area (Å²) < 4.78 is 14.8. The number of rotatable bonds is 6. The van der Waals surface area contributed by atoms with Crippen molar-refractivity contribution in [3.63, 3.8) is 0 Å². The van der Waals surface area contributed by atoms with Crippen molar-refractivity contribution < 1.29 is 14.0 Å². The van der Waals surface area contributed by atoms with Crippen molar-refractivity contribution in [3.8, 4) is 0 Å². The minimum absolute atomic E-state index is 0.0912. The molecule has 4 rings (SSSR count). The van der Waals surface area contributed by atoms with Crippen molar-refractivity contribution in [2.75, 3.05) is 29.9 Å². The summed E-state index contributed by atoms with van der Waals surface area (Å²) in [5, 5.41) is 9.13. The number of anilines is 3. The molecule has 0 spiro atoms. The number of carbonyl (C=O) groups excluding carboxylic acids is 2. The van der Waals surface area contributed by atoms with Gasteiger partial charge in [-0.3, -0.25) is 9.59 Å². The van der Waals surface area contributed by atoms with Gasteiger partial charge in [0.05, 0.1) is 22.3 Å². The quantitative estimate of drug-likeness (QED) is 0.606. The molecule has 0 aliphatic carbocycles. The molecule has 2 aromatic rings. The van der Waals surface area contributed by atoms with Gasteiger partial charge in [0.2, 0.25) is 11.8 Å². The highest BCUT2D eigenvalue weighted by Gasteiger charge is 2.27.